The number of halogens is 1. The van der Waals surface area contributed by atoms with Crippen LogP contribution in [0.2, 0.25) is 0 Å². The van der Waals surface area contributed by atoms with Gasteiger partial charge in [-0.15, -0.1) is 0 Å². The molecule has 1 aliphatic rings. The van der Waals surface area contributed by atoms with E-state index in [0.717, 1.165) is 0 Å². The lowest BCUT2D eigenvalue weighted by Gasteiger charge is -2.32. The van der Waals surface area contributed by atoms with E-state index in [1.807, 2.05) is 0 Å². The molecule has 0 spiro atoms. The molecule has 0 unspecified atom stereocenters. The van der Waals surface area contributed by atoms with Gasteiger partial charge in [-0.1, -0.05) is 12.2 Å². The smallest absolute Gasteiger partial charge is 0.251 e. The van der Waals surface area contributed by atoms with Crippen LogP contribution in [0.15, 0.2) is 36.4 Å². The molecule has 7 heteroatoms. The van der Waals surface area contributed by atoms with Crippen LogP contribution in [0, 0.1) is 5.82 Å². The highest BCUT2D eigenvalue weighted by Gasteiger charge is 2.29. The van der Waals surface area contributed by atoms with E-state index < -0.39 is 30.0 Å². The van der Waals surface area contributed by atoms with Gasteiger partial charge in [0.05, 0.1) is 25.2 Å². The van der Waals surface area contributed by atoms with Crippen molar-refractivity contribution < 1.29 is 23.8 Å². The standard InChI is InChI=1S/C17H21FN2O4/c1-20(2)16(22)9-13-7-8-14(15(10-21)24-13)19-17(23)11-3-5-12(18)6-4-11/h3-8,13-15,21H,9-10H2,1-2H3,(H,19,23)/t13-,14+,15+/m1/s1. The zero-order valence-electron chi connectivity index (χ0n) is 13.6. The molecule has 0 fully saturated rings. The Morgan fingerprint density at radius 2 is 1.92 bits per heavy atom. The van der Waals surface area contributed by atoms with Crippen molar-refractivity contribution in [1.82, 2.24) is 10.2 Å². The number of nitrogens with one attached hydrogen (secondary N) is 1. The summed E-state index contributed by atoms with van der Waals surface area (Å²) in [4.78, 5) is 25.4. The Bertz CT molecular complexity index is 616. The Labute approximate surface area is 139 Å². The van der Waals surface area contributed by atoms with Crippen molar-refractivity contribution in [1.29, 1.82) is 0 Å². The first kappa shape index (κ1) is 18.1. The molecule has 2 N–H and O–H groups in total. The van der Waals surface area contributed by atoms with E-state index in [1.54, 1.807) is 26.2 Å². The van der Waals surface area contributed by atoms with Crippen LogP contribution in [0.1, 0.15) is 16.8 Å². The Kier molecular flexibility index (Phi) is 6.05. The Balaban J connectivity index is 2.01. The molecule has 0 saturated heterocycles. The van der Waals surface area contributed by atoms with Gasteiger partial charge in [0.25, 0.3) is 5.91 Å². The SMILES string of the molecule is CN(C)C(=O)C[C@H]1C=C[C@H](NC(=O)c2ccc(F)cc2)[C@H](CO)O1. The Morgan fingerprint density at radius 3 is 2.50 bits per heavy atom. The number of hydrogen-bond acceptors (Lipinski definition) is 4. The summed E-state index contributed by atoms with van der Waals surface area (Å²) >= 11 is 0. The monoisotopic (exact) mass is 336 g/mol. The molecule has 0 radical (unpaired) electrons. The topological polar surface area (TPSA) is 78.9 Å². The summed E-state index contributed by atoms with van der Waals surface area (Å²) in [6, 6.07) is 4.64. The van der Waals surface area contributed by atoms with Crippen LogP contribution in [0.25, 0.3) is 0 Å². The number of carbonyl (C=O) groups is 2. The number of aliphatic hydroxyl groups excluding tert-OH is 1. The van der Waals surface area contributed by atoms with E-state index in [4.69, 9.17) is 4.74 Å². The second-order valence-electron chi connectivity index (χ2n) is 5.78. The number of amides is 2. The van der Waals surface area contributed by atoms with E-state index in [9.17, 15) is 19.1 Å². The Hall–Kier alpha value is -2.25. The van der Waals surface area contributed by atoms with Gasteiger partial charge in [0.2, 0.25) is 5.91 Å². The summed E-state index contributed by atoms with van der Waals surface area (Å²) in [6.07, 6.45) is 2.47. The van der Waals surface area contributed by atoms with Gasteiger partial charge < -0.3 is 20.1 Å². The molecule has 3 atom stereocenters. The summed E-state index contributed by atoms with van der Waals surface area (Å²) in [7, 11) is 3.31. The van der Waals surface area contributed by atoms with E-state index in [0.29, 0.717) is 5.56 Å². The number of rotatable bonds is 5. The number of carbonyl (C=O) groups excluding carboxylic acids is 2. The molecule has 2 rings (SSSR count). The molecule has 6 nitrogen and oxygen atoms in total. The zero-order chi connectivity index (χ0) is 17.7. The molecule has 1 aromatic rings. The quantitative estimate of drug-likeness (QED) is 0.777. The fourth-order valence-electron chi connectivity index (χ4n) is 2.33. The molecule has 0 bridgehead atoms. The second kappa shape index (κ2) is 8.03. The summed E-state index contributed by atoms with van der Waals surface area (Å²) in [6.45, 7) is -0.300. The maximum absolute atomic E-state index is 12.9. The molecule has 0 saturated carbocycles. The molecule has 2 amide bonds. The van der Waals surface area contributed by atoms with E-state index >= 15 is 0 Å². The maximum atomic E-state index is 12.9. The van der Waals surface area contributed by atoms with Crippen LogP contribution in [0.4, 0.5) is 4.39 Å². The average Bonchev–Trinajstić information content (AvgIpc) is 2.56. The molecular formula is C17H21FN2O4. The van der Waals surface area contributed by atoms with Crippen molar-refractivity contribution in [3.8, 4) is 0 Å². The molecule has 1 aromatic carbocycles. The first-order valence-electron chi connectivity index (χ1n) is 7.62. The number of aliphatic hydroxyl groups is 1. The van der Waals surface area contributed by atoms with Gasteiger partial charge in [0.15, 0.2) is 0 Å². The van der Waals surface area contributed by atoms with E-state index in [1.165, 1.54) is 29.2 Å². The van der Waals surface area contributed by atoms with Gasteiger partial charge in [-0.05, 0) is 24.3 Å². The largest absolute Gasteiger partial charge is 0.394 e. The fourth-order valence-corrected chi connectivity index (χ4v) is 2.33. The van der Waals surface area contributed by atoms with Crippen LogP contribution < -0.4 is 5.32 Å². The normalized spacial score (nSPS) is 22.9. The van der Waals surface area contributed by atoms with Crippen molar-refractivity contribution >= 4 is 11.8 Å². The third-order valence-corrected chi connectivity index (χ3v) is 3.74. The first-order valence-corrected chi connectivity index (χ1v) is 7.62. The van der Waals surface area contributed by atoms with Crippen molar-refractivity contribution in [3.63, 3.8) is 0 Å². The Morgan fingerprint density at radius 1 is 1.25 bits per heavy atom. The van der Waals surface area contributed by atoms with Crippen LogP contribution >= 0.6 is 0 Å². The predicted octanol–water partition coefficient (Wildman–Crippen LogP) is 0.718. The van der Waals surface area contributed by atoms with Crippen LogP contribution in [-0.2, 0) is 9.53 Å². The lowest BCUT2D eigenvalue weighted by Crippen LogP contribution is -2.49. The van der Waals surface area contributed by atoms with Crippen molar-refractivity contribution in [3.05, 3.63) is 47.8 Å². The lowest BCUT2D eigenvalue weighted by molar-refractivity contribution is -0.132. The van der Waals surface area contributed by atoms with Gasteiger partial charge >= 0.3 is 0 Å². The minimum Gasteiger partial charge on any atom is -0.394 e. The van der Waals surface area contributed by atoms with Gasteiger partial charge in [-0.3, -0.25) is 9.59 Å². The predicted molar refractivity (Wildman–Crippen MR) is 85.9 cm³/mol. The van der Waals surface area contributed by atoms with Gasteiger partial charge in [0.1, 0.15) is 11.9 Å². The summed E-state index contributed by atoms with van der Waals surface area (Å²) < 4.78 is 18.6. The summed E-state index contributed by atoms with van der Waals surface area (Å²) in [5.41, 5.74) is 0.311. The van der Waals surface area contributed by atoms with Crippen LogP contribution in [0.3, 0.4) is 0 Å². The second-order valence-corrected chi connectivity index (χ2v) is 5.78. The summed E-state index contributed by atoms with van der Waals surface area (Å²) in [5, 5.41) is 12.2. The van der Waals surface area contributed by atoms with Crippen LogP contribution in [0.5, 0.6) is 0 Å². The number of benzene rings is 1. The van der Waals surface area contributed by atoms with Gasteiger partial charge in [0, 0.05) is 19.7 Å². The number of nitrogens with zero attached hydrogens (tertiary/aromatic N) is 1. The van der Waals surface area contributed by atoms with E-state index in [2.05, 4.69) is 5.32 Å². The average molecular weight is 336 g/mol. The van der Waals surface area contributed by atoms with Gasteiger partial charge in [-0.25, -0.2) is 4.39 Å². The third kappa shape index (κ3) is 4.62. The molecule has 24 heavy (non-hydrogen) atoms. The van der Waals surface area contributed by atoms with Crippen molar-refractivity contribution in [2.45, 2.75) is 24.7 Å². The number of ether oxygens (including phenoxy) is 1. The lowest BCUT2D eigenvalue weighted by atomic mass is 10.0. The van der Waals surface area contributed by atoms with Gasteiger partial charge in [-0.2, -0.15) is 0 Å². The van der Waals surface area contributed by atoms with E-state index in [-0.39, 0.29) is 18.9 Å². The minimum absolute atomic E-state index is 0.0878. The number of hydrogen-bond donors (Lipinski definition) is 2. The third-order valence-electron chi connectivity index (χ3n) is 3.74. The highest BCUT2D eigenvalue weighted by Crippen LogP contribution is 2.17. The molecule has 0 aliphatic carbocycles. The molecule has 130 valence electrons. The first-order chi connectivity index (χ1) is 11.4. The zero-order valence-corrected chi connectivity index (χ0v) is 13.6. The minimum atomic E-state index is -0.653. The maximum Gasteiger partial charge on any atom is 0.251 e. The fraction of sp³-hybridized carbons (Fsp3) is 0.412. The van der Waals surface area contributed by atoms with Crippen molar-refractivity contribution in [2.24, 2.45) is 0 Å². The highest BCUT2D eigenvalue weighted by molar-refractivity contribution is 5.94. The molecule has 0 aromatic heterocycles. The molecule has 1 heterocycles. The van der Waals surface area contributed by atoms with Crippen LogP contribution in [-0.4, -0.2) is 60.8 Å². The highest BCUT2D eigenvalue weighted by atomic mass is 19.1. The van der Waals surface area contributed by atoms with Crippen molar-refractivity contribution in [2.75, 3.05) is 20.7 Å². The molecule has 1 aliphatic heterocycles. The molecular weight excluding hydrogens is 315 g/mol. The summed E-state index contributed by atoms with van der Waals surface area (Å²) in [5.74, 6) is -0.904.